The maximum atomic E-state index is 14.2. The molecule has 2 nitrogen and oxygen atoms in total. The predicted octanol–water partition coefficient (Wildman–Crippen LogP) is 6.92. The molecule has 0 spiro atoms. The first-order valence-corrected chi connectivity index (χ1v) is 10.8. The molecule has 0 heterocycles. The number of benzene rings is 3. The minimum atomic E-state index is -3.11. The zero-order valence-electron chi connectivity index (χ0n) is 18.8. The molecule has 0 aliphatic carbocycles. The van der Waals surface area contributed by atoms with E-state index >= 15 is 0 Å². The summed E-state index contributed by atoms with van der Waals surface area (Å²) in [6.45, 7) is 3.28. The fourth-order valence-electron chi connectivity index (χ4n) is 3.90. The molecule has 0 saturated heterocycles. The van der Waals surface area contributed by atoms with Crippen LogP contribution in [-0.4, -0.2) is 5.91 Å². The standard InChI is InChI=1S/C27H27F4NO/c1-4-24(33)32-27(18-19-10-6-5-7-11-19,22-14-8-12-20(16-22)25(2,28)29)23-15-9-13-21(17-23)26(3,30)31/h5-17H,4,18H2,1-3H3,(H,32,33). The van der Waals surface area contributed by atoms with Crippen molar-refractivity contribution >= 4 is 5.91 Å². The van der Waals surface area contributed by atoms with Crippen LogP contribution in [-0.2, 0) is 28.6 Å². The molecule has 174 valence electrons. The van der Waals surface area contributed by atoms with E-state index in [4.69, 9.17) is 0 Å². The van der Waals surface area contributed by atoms with Gasteiger partial charge in [-0.1, -0.05) is 73.7 Å². The molecule has 3 aromatic rings. The van der Waals surface area contributed by atoms with Gasteiger partial charge in [-0.25, -0.2) is 17.6 Å². The number of nitrogens with one attached hydrogen (secondary N) is 1. The largest absolute Gasteiger partial charge is 0.342 e. The Kier molecular flexibility index (Phi) is 6.96. The Balaban J connectivity index is 2.33. The van der Waals surface area contributed by atoms with E-state index in [0.717, 1.165) is 19.4 Å². The van der Waals surface area contributed by atoms with Gasteiger partial charge in [-0.05, 0) is 28.8 Å². The summed E-state index contributed by atoms with van der Waals surface area (Å²) in [6.07, 6.45) is 0.334. The van der Waals surface area contributed by atoms with Crippen molar-refractivity contribution in [2.24, 2.45) is 0 Å². The summed E-state index contributed by atoms with van der Waals surface area (Å²) in [5, 5.41) is 2.99. The highest BCUT2D eigenvalue weighted by Crippen LogP contribution is 2.39. The summed E-state index contributed by atoms with van der Waals surface area (Å²) < 4.78 is 56.9. The molecule has 3 rings (SSSR count). The molecule has 1 N–H and O–H groups in total. The van der Waals surface area contributed by atoms with E-state index in [1.54, 1.807) is 19.1 Å². The van der Waals surface area contributed by atoms with E-state index in [1.807, 2.05) is 30.3 Å². The third-order valence-electron chi connectivity index (χ3n) is 5.71. The minimum Gasteiger partial charge on any atom is -0.342 e. The molecular formula is C27H27F4NO. The summed E-state index contributed by atoms with van der Waals surface area (Å²) >= 11 is 0. The van der Waals surface area contributed by atoms with E-state index in [-0.39, 0.29) is 29.9 Å². The van der Waals surface area contributed by atoms with Gasteiger partial charge in [-0.2, -0.15) is 0 Å². The smallest absolute Gasteiger partial charge is 0.270 e. The number of alkyl halides is 4. The predicted molar refractivity (Wildman–Crippen MR) is 121 cm³/mol. The van der Waals surface area contributed by atoms with Crippen molar-refractivity contribution in [3.8, 4) is 0 Å². The van der Waals surface area contributed by atoms with Gasteiger partial charge in [-0.3, -0.25) is 4.79 Å². The SMILES string of the molecule is CCC(=O)NC(Cc1ccccc1)(c1cccc(C(C)(F)F)c1)c1cccc(C(C)(F)F)c1. The third-order valence-corrected chi connectivity index (χ3v) is 5.71. The summed E-state index contributed by atoms with van der Waals surface area (Å²) in [6, 6.07) is 20.8. The quantitative estimate of drug-likeness (QED) is 0.366. The molecule has 6 heteroatoms. The van der Waals surface area contributed by atoms with Crippen LogP contribution in [0.15, 0.2) is 78.9 Å². The Bertz CT molecular complexity index is 1040. The average molecular weight is 458 g/mol. The lowest BCUT2D eigenvalue weighted by Crippen LogP contribution is -2.48. The van der Waals surface area contributed by atoms with Gasteiger partial charge in [-0.15, -0.1) is 0 Å². The number of amides is 1. The Hall–Kier alpha value is -3.15. The molecule has 0 atom stereocenters. The number of hydrogen-bond acceptors (Lipinski definition) is 1. The van der Waals surface area contributed by atoms with Crippen LogP contribution < -0.4 is 5.32 Å². The molecule has 3 aromatic carbocycles. The molecule has 33 heavy (non-hydrogen) atoms. The normalized spacial score (nSPS) is 12.5. The van der Waals surface area contributed by atoms with E-state index in [2.05, 4.69) is 5.32 Å². The van der Waals surface area contributed by atoms with Crippen LogP contribution in [0.25, 0.3) is 0 Å². The van der Waals surface area contributed by atoms with Crippen molar-refractivity contribution in [2.45, 2.75) is 51.0 Å². The second-order valence-electron chi connectivity index (χ2n) is 8.41. The maximum absolute atomic E-state index is 14.2. The fraction of sp³-hybridized carbons (Fsp3) is 0.296. The first-order valence-electron chi connectivity index (χ1n) is 10.8. The van der Waals surface area contributed by atoms with Crippen molar-refractivity contribution in [3.63, 3.8) is 0 Å². The molecule has 0 bridgehead atoms. The van der Waals surface area contributed by atoms with Crippen LogP contribution in [0.1, 0.15) is 55.0 Å². The molecule has 0 aliphatic heterocycles. The third kappa shape index (κ3) is 5.62. The van der Waals surface area contributed by atoms with Gasteiger partial charge in [0.05, 0.1) is 5.54 Å². The Labute approximate surface area is 191 Å². The molecule has 0 fully saturated rings. The fourth-order valence-corrected chi connectivity index (χ4v) is 3.90. The Morgan fingerprint density at radius 3 is 1.61 bits per heavy atom. The van der Waals surface area contributed by atoms with Gasteiger partial charge in [0, 0.05) is 37.8 Å². The van der Waals surface area contributed by atoms with Crippen LogP contribution in [0.5, 0.6) is 0 Å². The van der Waals surface area contributed by atoms with Crippen LogP contribution in [0, 0.1) is 0 Å². The summed E-state index contributed by atoms with van der Waals surface area (Å²) in [5.74, 6) is -6.54. The number of hydrogen-bond donors (Lipinski definition) is 1. The number of halogens is 4. The lowest BCUT2D eigenvalue weighted by atomic mass is 9.76. The molecule has 0 aliphatic rings. The second-order valence-corrected chi connectivity index (χ2v) is 8.41. The van der Waals surface area contributed by atoms with Crippen molar-refractivity contribution in [2.75, 3.05) is 0 Å². The first-order chi connectivity index (χ1) is 15.5. The zero-order valence-corrected chi connectivity index (χ0v) is 18.8. The summed E-state index contributed by atoms with van der Waals surface area (Å²) in [5.41, 5.74) is -0.180. The molecule has 0 aromatic heterocycles. The van der Waals surface area contributed by atoms with Crippen molar-refractivity contribution < 1.29 is 22.4 Å². The van der Waals surface area contributed by atoms with E-state index in [9.17, 15) is 22.4 Å². The highest BCUT2D eigenvalue weighted by molar-refractivity contribution is 5.77. The number of carbonyl (C=O) groups is 1. The van der Waals surface area contributed by atoms with E-state index in [1.165, 1.54) is 36.4 Å². The molecule has 1 amide bonds. The van der Waals surface area contributed by atoms with Gasteiger partial charge in [0.25, 0.3) is 11.8 Å². The molecule has 0 saturated carbocycles. The minimum absolute atomic E-state index is 0.143. The van der Waals surface area contributed by atoms with Gasteiger partial charge in [0.15, 0.2) is 0 Å². The monoisotopic (exact) mass is 457 g/mol. The highest BCUT2D eigenvalue weighted by atomic mass is 19.3. The first kappa shape index (κ1) is 24.5. The van der Waals surface area contributed by atoms with Crippen LogP contribution in [0.2, 0.25) is 0 Å². The number of rotatable bonds is 8. The highest BCUT2D eigenvalue weighted by Gasteiger charge is 2.39. The van der Waals surface area contributed by atoms with Gasteiger partial charge < -0.3 is 5.32 Å². The lowest BCUT2D eigenvalue weighted by molar-refractivity contribution is -0.122. The molecule has 0 unspecified atom stereocenters. The maximum Gasteiger partial charge on any atom is 0.270 e. The second kappa shape index (κ2) is 9.38. The molecule has 0 radical (unpaired) electrons. The Morgan fingerprint density at radius 1 is 0.727 bits per heavy atom. The van der Waals surface area contributed by atoms with Crippen LogP contribution in [0.4, 0.5) is 17.6 Å². The van der Waals surface area contributed by atoms with Crippen LogP contribution in [0.3, 0.4) is 0 Å². The summed E-state index contributed by atoms with van der Waals surface area (Å²) in [7, 11) is 0. The van der Waals surface area contributed by atoms with Crippen LogP contribution >= 0.6 is 0 Å². The van der Waals surface area contributed by atoms with Crippen molar-refractivity contribution in [1.29, 1.82) is 0 Å². The van der Waals surface area contributed by atoms with E-state index in [0.29, 0.717) is 11.1 Å². The molecular weight excluding hydrogens is 430 g/mol. The average Bonchev–Trinajstić information content (AvgIpc) is 2.78. The van der Waals surface area contributed by atoms with Crippen molar-refractivity contribution in [1.82, 2.24) is 5.32 Å². The van der Waals surface area contributed by atoms with Gasteiger partial charge in [0.1, 0.15) is 0 Å². The summed E-state index contributed by atoms with van der Waals surface area (Å²) in [4.78, 5) is 12.7. The van der Waals surface area contributed by atoms with Gasteiger partial charge in [0.2, 0.25) is 5.91 Å². The Morgan fingerprint density at radius 2 is 1.18 bits per heavy atom. The number of carbonyl (C=O) groups excluding carboxylic acids is 1. The zero-order chi connectivity index (χ0) is 24.3. The van der Waals surface area contributed by atoms with Gasteiger partial charge >= 0.3 is 0 Å². The van der Waals surface area contributed by atoms with E-state index < -0.39 is 17.4 Å². The van der Waals surface area contributed by atoms with Crippen molar-refractivity contribution in [3.05, 3.63) is 107 Å². The topological polar surface area (TPSA) is 29.1 Å². The lowest BCUT2D eigenvalue weighted by Gasteiger charge is -2.37.